The van der Waals surface area contributed by atoms with E-state index in [4.69, 9.17) is 9.47 Å². The Hall–Kier alpha value is -2.22. The van der Waals surface area contributed by atoms with Crippen molar-refractivity contribution in [3.05, 3.63) is 18.2 Å². The summed E-state index contributed by atoms with van der Waals surface area (Å²) < 4.78 is 10.4. The first-order chi connectivity index (χ1) is 9.65. The fourth-order valence-corrected chi connectivity index (χ4v) is 2.52. The summed E-state index contributed by atoms with van der Waals surface area (Å²) in [5.74, 6) is 0.910. The third-order valence-corrected chi connectivity index (χ3v) is 3.76. The van der Waals surface area contributed by atoms with E-state index in [1.807, 2.05) is 0 Å². The van der Waals surface area contributed by atoms with Crippen LogP contribution >= 0.6 is 0 Å². The lowest BCUT2D eigenvalue weighted by Crippen LogP contribution is -2.32. The van der Waals surface area contributed by atoms with Crippen LogP contribution in [0.2, 0.25) is 0 Å². The monoisotopic (exact) mass is 274 g/mol. The van der Waals surface area contributed by atoms with Gasteiger partial charge in [0.1, 0.15) is 16.9 Å². The fraction of sp³-hybridized carbons (Fsp3) is 0.467. The highest BCUT2D eigenvalue weighted by molar-refractivity contribution is 5.98. The van der Waals surface area contributed by atoms with Gasteiger partial charge in [-0.15, -0.1) is 0 Å². The van der Waals surface area contributed by atoms with Crippen molar-refractivity contribution in [2.24, 2.45) is 5.41 Å². The Balaban J connectivity index is 2.25. The number of hydrogen-bond acceptors (Lipinski definition) is 4. The van der Waals surface area contributed by atoms with Crippen LogP contribution in [0.15, 0.2) is 18.2 Å². The Morgan fingerprint density at radius 3 is 2.55 bits per heavy atom. The van der Waals surface area contributed by atoms with E-state index in [2.05, 4.69) is 11.4 Å². The number of carbonyl (C=O) groups excluding carboxylic acids is 1. The van der Waals surface area contributed by atoms with Crippen LogP contribution in [0.25, 0.3) is 0 Å². The highest BCUT2D eigenvalue weighted by Crippen LogP contribution is 2.39. The minimum atomic E-state index is -0.909. The van der Waals surface area contributed by atoms with Crippen LogP contribution in [0, 0.1) is 16.7 Å². The number of nitrogens with one attached hydrogen (secondary N) is 1. The zero-order valence-corrected chi connectivity index (χ0v) is 11.7. The first-order valence-electron chi connectivity index (χ1n) is 6.60. The molecule has 0 aliphatic heterocycles. The first kappa shape index (κ1) is 14.2. The second-order valence-electron chi connectivity index (χ2n) is 4.92. The van der Waals surface area contributed by atoms with E-state index in [0.717, 1.165) is 12.8 Å². The summed E-state index contributed by atoms with van der Waals surface area (Å²) in [7, 11) is 3.09. The van der Waals surface area contributed by atoms with Crippen molar-refractivity contribution in [3.8, 4) is 17.6 Å². The van der Waals surface area contributed by atoms with Gasteiger partial charge in [-0.2, -0.15) is 5.26 Å². The molecule has 5 heteroatoms. The van der Waals surface area contributed by atoms with E-state index in [-0.39, 0.29) is 5.91 Å². The minimum absolute atomic E-state index is 0.260. The molecular weight excluding hydrogens is 256 g/mol. The van der Waals surface area contributed by atoms with Gasteiger partial charge in [-0.1, -0.05) is 12.8 Å². The maximum atomic E-state index is 12.4. The molecule has 2 rings (SSSR count). The largest absolute Gasteiger partial charge is 0.497 e. The van der Waals surface area contributed by atoms with E-state index >= 15 is 0 Å². The van der Waals surface area contributed by atoms with Crippen LogP contribution in [0.1, 0.15) is 25.7 Å². The Bertz CT molecular complexity index is 543. The summed E-state index contributed by atoms with van der Waals surface area (Å²) in [6, 6.07) is 7.35. The summed E-state index contributed by atoms with van der Waals surface area (Å²) in [6.45, 7) is 0. The molecule has 1 N–H and O–H groups in total. The average molecular weight is 274 g/mol. The Morgan fingerprint density at radius 1 is 1.30 bits per heavy atom. The smallest absolute Gasteiger partial charge is 0.244 e. The maximum absolute atomic E-state index is 12.4. The summed E-state index contributed by atoms with van der Waals surface area (Å²) in [4.78, 5) is 12.4. The molecule has 0 aromatic heterocycles. The Labute approximate surface area is 118 Å². The molecule has 1 aliphatic carbocycles. The van der Waals surface area contributed by atoms with E-state index in [1.54, 1.807) is 25.3 Å². The minimum Gasteiger partial charge on any atom is -0.497 e. The number of rotatable bonds is 4. The van der Waals surface area contributed by atoms with E-state index in [1.165, 1.54) is 7.11 Å². The highest BCUT2D eigenvalue weighted by atomic mass is 16.5. The van der Waals surface area contributed by atoms with Crippen LogP contribution in [-0.2, 0) is 4.79 Å². The topological polar surface area (TPSA) is 71.3 Å². The zero-order chi connectivity index (χ0) is 14.6. The molecule has 20 heavy (non-hydrogen) atoms. The van der Waals surface area contributed by atoms with Crippen molar-refractivity contribution in [3.63, 3.8) is 0 Å². The van der Waals surface area contributed by atoms with Gasteiger partial charge in [-0.05, 0) is 25.0 Å². The molecule has 1 amide bonds. The lowest BCUT2D eigenvalue weighted by Gasteiger charge is -2.20. The molecule has 0 radical (unpaired) electrons. The van der Waals surface area contributed by atoms with Crippen molar-refractivity contribution >= 4 is 11.6 Å². The molecule has 5 nitrogen and oxygen atoms in total. The van der Waals surface area contributed by atoms with Crippen molar-refractivity contribution in [1.82, 2.24) is 0 Å². The van der Waals surface area contributed by atoms with Gasteiger partial charge in [0.05, 0.1) is 26.0 Å². The molecule has 0 atom stereocenters. The van der Waals surface area contributed by atoms with Crippen LogP contribution < -0.4 is 14.8 Å². The third-order valence-electron chi connectivity index (χ3n) is 3.76. The number of benzene rings is 1. The molecule has 1 aliphatic rings. The van der Waals surface area contributed by atoms with Gasteiger partial charge in [0.25, 0.3) is 0 Å². The molecule has 1 aromatic carbocycles. The molecule has 1 fully saturated rings. The van der Waals surface area contributed by atoms with Gasteiger partial charge in [0.2, 0.25) is 5.91 Å². The number of hydrogen-bond donors (Lipinski definition) is 1. The molecule has 1 aromatic rings. The number of anilines is 1. The van der Waals surface area contributed by atoms with Gasteiger partial charge in [-0.3, -0.25) is 4.79 Å². The molecule has 0 unspecified atom stereocenters. The summed E-state index contributed by atoms with van der Waals surface area (Å²) >= 11 is 0. The van der Waals surface area contributed by atoms with E-state index < -0.39 is 5.41 Å². The average Bonchev–Trinajstić information content (AvgIpc) is 2.97. The van der Waals surface area contributed by atoms with E-state index in [9.17, 15) is 10.1 Å². The zero-order valence-electron chi connectivity index (χ0n) is 11.7. The molecule has 0 bridgehead atoms. The van der Waals surface area contributed by atoms with Crippen molar-refractivity contribution < 1.29 is 14.3 Å². The predicted octanol–water partition coefficient (Wildman–Crippen LogP) is 2.73. The standard InChI is InChI=1S/C15H18N2O3/c1-19-11-5-6-13(20-2)12(9-11)17-14(18)15(10-16)7-3-4-8-15/h5-6,9H,3-4,7-8H2,1-2H3,(H,17,18). The number of amides is 1. The van der Waals surface area contributed by atoms with Crippen molar-refractivity contribution in [2.45, 2.75) is 25.7 Å². The van der Waals surface area contributed by atoms with Gasteiger partial charge in [0.15, 0.2) is 0 Å². The van der Waals surface area contributed by atoms with Gasteiger partial charge in [-0.25, -0.2) is 0 Å². The molecular formula is C15H18N2O3. The maximum Gasteiger partial charge on any atom is 0.244 e. The number of nitrogens with zero attached hydrogens (tertiary/aromatic N) is 1. The Morgan fingerprint density at radius 2 is 2.00 bits per heavy atom. The number of carbonyl (C=O) groups is 1. The molecule has 106 valence electrons. The van der Waals surface area contributed by atoms with Crippen LogP contribution in [0.5, 0.6) is 11.5 Å². The normalized spacial score (nSPS) is 16.2. The van der Waals surface area contributed by atoms with Crippen molar-refractivity contribution in [1.29, 1.82) is 5.26 Å². The SMILES string of the molecule is COc1ccc(OC)c(NC(=O)C2(C#N)CCCC2)c1. The van der Waals surface area contributed by atoms with Gasteiger partial charge in [0, 0.05) is 6.07 Å². The summed E-state index contributed by atoms with van der Waals surface area (Å²) in [6.07, 6.45) is 3.05. The van der Waals surface area contributed by atoms with Crippen LogP contribution in [-0.4, -0.2) is 20.1 Å². The van der Waals surface area contributed by atoms with Gasteiger partial charge < -0.3 is 14.8 Å². The van der Waals surface area contributed by atoms with Crippen molar-refractivity contribution in [2.75, 3.05) is 19.5 Å². The summed E-state index contributed by atoms with van der Waals surface area (Å²) in [5.41, 5.74) is -0.382. The molecule has 1 saturated carbocycles. The number of ether oxygens (including phenoxy) is 2. The number of methoxy groups -OCH3 is 2. The predicted molar refractivity (Wildman–Crippen MR) is 74.7 cm³/mol. The molecule has 0 saturated heterocycles. The molecule has 0 heterocycles. The van der Waals surface area contributed by atoms with E-state index in [0.29, 0.717) is 30.0 Å². The summed E-state index contributed by atoms with van der Waals surface area (Å²) in [5, 5.41) is 12.1. The third kappa shape index (κ3) is 2.55. The fourth-order valence-electron chi connectivity index (χ4n) is 2.52. The van der Waals surface area contributed by atoms with Gasteiger partial charge >= 0.3 is 0 Å². The second kappa shape index (κ2) is 5.83. The van der Waals surface area contributed by atoms with Crippen LogP contribution in [0.3, 0.4) is 0 Å². The lowest BCUT2D eigenvalue weighted by molar-refractivity contribution is -0.122. The number of nitriles is 1. The molecule has 0 spiro atoms. The second-order valence-corrected chi connectivity index (χ2v) is 4.92. The quantitative estimate of drug-likeness (QED) is 0.916. The Kier molecular flexibility index (Phi) is 4.14. The lowest BCUT2D eigenvalue weighted by atomic mass is 9.87. The highest BCUT2D eigenvalue weighted by Gasteiger charge is 2.41. The van der Waals surface area contributed by atoms with Crippen LogP contribution in [0.4, 0.5) is 5.69 Å². The first-order valence-corrected chi connectivity index (χ1v) is 6.60.